The van der Waals surface area contributed by atoms with E-state index in [2.05, 4.69) is 169 Å². The summed E-state index contributed by atoms with van der Waals surface area (Å²) in [5, 5.41) is 0. The molecule has 1 aliphatic heterocycles. The van der Waals surface area contributed by atoms with E-state index < -0.39 is 0 Å². The third-order valence-corrected chi connectivity index (χ3v) is 7.63. The van der Waals surface area contributed by atoms with Crippen molar-refractivity contribution in [2.75, 3.05) is 16.8 Å². The molecule has 0 saturated heterocycles. The largest absolute Gasteiger partial charge is 0.344 e. The molecule has 0 spiro atoms. The summed E-state index contributed by atoms with van der Waals surface area (Å²) < 4.78 is 0. The minimum Gasteiger partial charge on any atom is -0.344 e. The predicted octanol–water partition coefficient (Wildman–Crippen LogP) is 10.2. The van der Waals surface area contributed by atoms with Gasteiger partial charge in [-0.3, -0.25) is 0 Å². The molecule has 0 atom stereocenters. The highest BCUT2D eigenvalue weighted by Gasteiger charge is 2.26. The van der Waals surface area contributed by atoms with Crippen LogP contribution in [-0.2, 0) is 0 Å². The number of anilines is 5. The van der Waals surface area contributed by atoms with Crippen LogP contribution in [0.25, 0.3) is 33.4 Å². The molecule has 0 aromatic heterocycles. The van der Waals surface area contributed by atoms with Gasteiger partial charge in [0.15, 0.2) is 0 Å². The van der Waals surface area contributed by atoms with E-state index in [9.17, 15) is 0 Å². The Bertz CT molecular complexity index is 1770. The molecule has 0 unspecified atom stereocenters. The third-order valence-electron chi connectivity index (χ3n) is 7.63. The summed E-state index contributed by atoms with van der Waals surface area (Å²) in [4.78, 5) is 4.69. The van der Waals surface area contributed by atoms with Gasteiger partial charge in [-0.2, -0.15) is 0 Å². The maximum atomic E-state index is 2.39. The van der Waals surface area contributed by atoms with Crippen LogP contribution in [0.3, 0.4) is 0 Å². The molecule has 0 fully saturated rings. The van der Waals surface area contributed by atoms with Gasteiger partial charge < -0.3 is 9.80 Å². The van der Waals surface area contributed by atoms with Crippen molar-refractivity contribution in [3.8, 4) is 33.4 Å². The summed E-state index contributed by atoms with van der Waals surface area (Å²) in [6.07, 6.45) is 0. The van der Waals surface area contributed by atoms with E-state index in [1.165, 1.54) is 50.4 Å². The monoisotopic (exact) mass is 500 g/mol. The normalized spacial score (nSPS) is 11.7. The second kappa shape index (κ2) is 9.66. The summed E-state index contributed by atoms with van der Waals surface area (Å²) >= 11 is 0. The number of fused-ring (bicyclic) bond motifs is 5. The fourth-order valence-electron chi connectivity index (χ4n) is 5.74. The van der Waals surface area contributed by atoms with Crippen LogP contribution in [0.4, 0.5) is 28.4 Å². The van der Waals surface area contributed by atoms with Gasteiger partial charge >= 0.3 is 0 Å². The summed E-state index contributed by atoms with van der Waals surface area (Å²) in [6, 6.07) is 54.3. The van der Waals surface area contributed by atoms with E-state index in [0.717, 1.165) is 11.4 Å². The highest BCUT2D eigenvalue weighted by atomic mass is 15.1. The summed E-state index contributed by atoms with van der Waals surface area (Å²) in [5.41, 5.74) is 13.2. The Morgan fingerprint density at radius 2 is 0.974 bits per heavy atom. The molecule has 0 amide bonds. The Labute approximate surface area is 230 Å². The van der Waals surface area contributed by atoms with Crippen molar-refractivity contribution < 1.29 is 0 Å². The molecule has 0 bridgehead atoms. The molecule has 0 saturated carbocycles. The minimum absolute atomic E-state index is 1.15. The first-order chi connectivity index (χ1) is 19.3. The quantitative estimate of drug-likeness (QED) is 0.237. The van der Waals surface area contributed by atoms with Gasteiger partial charge in [-0.25, -0.2) is 0 Å². The Hall–Kier alpha value is -5.08. The molecule has 186 valence electrons. The van der Waals surface area contributed by atoms with E-state index in [0.29, 0.717) is 0 Å². The molecule has 0 aliphatic carbocycles. The second-order valence-corrected chi connectivity index (χ2v) is 9.88. The molecule has 1 heterocycles. The molecule has 7 rings (SSSR count). The van der Waals surface area contributed by atoms with E-state index in [-0.39, 0.29) is 0 Å². The molecular weight excluding hydrogens is 472 g/mol. The van der Waals surface area contributed by atoms with Crippen LogP contribution in [0.15, 0.2) is 152 Å². The van der Waals surface area contributed by atoms with E-state index >= 15 is 0 Å². The zero-order valence-electron chi connectivity index (χ0n) is 21.8. The smallest absolute Gasteiger partial charge is 0.0540 e. The first kappa shape index (κ1) is 23.1. The number of para-hydroxylation sites is 4. The molecule has 2 nitrogen and oxygen atoms in total. The molecule has 0 radical (unpaired) electrons. The van der Waals surface area contributed by atoms with Gasteiger partial charge in [-0.1, -0.05) is 109 Å². The average molecular weight is 501 g/mol. The highest BCUT2D eigenvalue weighted by molar-refractivity contribution is 6.03. The van der Waals surface area contributed by atoms with Crippen molar-refractivity contribution in [1.29, 1.82) is 0 Å². The molecule has 2 heteroatoms. The summed E-state index contributed by atoms with van der Waals surface area (Å²) in [7, 11) is 2.16. The molecule has 6 aromatic carbocycles. The molecule has 6 aromatic rings. The van der Waals surface area contributed by atoms with Crippen molar-refractivity contribution in [2.45, 2.75) is 0 Å². The van der Waals surface area contributed by atoms with Crippen molar-refractivity contribution in [3.63, 3.8) is 0 Å². The SMILES string of the molecule is CN(c1ccc2c(c1)-c1ccccc1N(c1ccccc1)c1ccccc1-2)c1ccccc1-c1ccccc1. The highest BCUT2D eigenvalue weighted by Crippen LogP contribution is 2.51. The van der Waals surface area contributed by atoms with Crippen LogP contribution in [0.2, 0.25) is 0 Å². The minimum atomic E-state index is 1.15. The van der Waals surface area contributed by atoms with Gasteiger partial charge in [0.25, 0.3) is 0 Å². The zero-order valence-corrected chi connectivity index (χ0v) is 21.8. The Balaban J connectivity index is 1.43. The fraction of sp³-hybridized carbons (Fsp3) is 0.0270. The van der Waals surface area contributed by atoms with Gasteiger partial charge in [0, 0.05) is 40.8 Å². The first-order valence-electron chi connectivity index (χ1n) is 13.4. The van der Waals surface area contributed by atoms with Gasteiger partial charge in [0.2, 0.25) is 0 Å². The lowest BCUT2D eigenvalue weighted by Gasteiger charge is -2.27. The van der Waals surface area contributed by atoms with Crippen molar-refractivity contribution >= 4 is 28.4 Å². The Kier molecular flexibility index (Phi) is 5.71. The van der Waals surface area contributed by atoms with Crippen molar-refractivity contribution in [1.82, 2.24) is 0 Å². The fourth-order valence-corrected chi connectivity index (χ4v) is 5.74. The average Bonchev–Trinajstić information content (AvgIpc) is 3.14. The van der Waals surface area contributed by atoms with Crippen LogP contribution in [0.5, 0.6) is 0 Å². The van der Waals surface area contributed by atoms with E-state index in [1.807, 2.05) is 0 Å². The topological polar surface area (TPSA) is 6.48 Å². The van der Waals surface area contributed by atoms with Crippen molar-refractivity contribution in [3.05, 3.63) is 152 Å². The lowest BCUT2D eigenvalue weighted by atomic mass is 9.93. The van der Waals surface area contributed by atoms with E-state index in [1.54, 1.807) is 0 Å². The maximum Gasteiger partial charge on any atom is 0.0540 e. The molecule has 39 heavy (non-hydrogen) atoms. The van der Waals surface area contributed by atoms with Crippen LogP contribution in [0, 0.1) is 0 Å². The molecule has 1 aliphatic rings. The lowest BCUT2D eigenvalue weighted by Crippen LogP contribution is -2.11. The lowest BCUT2D eigenvalue weighted by molar-refractivity contribution is 1.21. The molecule has 0 N–H and O–H groups in total. The standard InChI is InChI=1S/C37H28N2/c1-38(35-21-11-8-18-30(35)27-14-4-2-5-15-27)29-24-25-31-32-19-9-12-22-36(32)39(28-16-6-3-7-17-28)37-23-13-10-20-33(37)34(31)26-29/h2-26H,1H3. The van der Waals surface area contributed by atoms with E-state index in [4.69, 9.17) is 0 Å². The van der Waals surface area contributed by atoms with Gasteiger partial charge in [-0.15, -0.1) is 0 Å². The third kappa shape index (κ3) is 3.98. The molecular formula is C37H28N2. The summed E-state index contributed by atoms with van der Waals surface area (Å²) in [6.45, 7) is 0. The second-order valence-electron chi connectivity index (χ2n) is 9.88. The van der Waals surface area contributed by atoms with Gasteiger partial charge in [0.1, 0.15) is 0 Å². The number of benzene rings is 6. The van der Waals surface area contributed by atoms with Crippen LogP contribution in [-0.4, -0.2) is 7.05 Å². The maximum absolute atomic E-state index is 2.39. The van der Waals surface area contributed by atoms with Crippen LogP contribution < -0.4 is 9.80 Å². The number of hydrogen-bond donors (Lipinski definition) is 0. The van der Waals surface area contributed by atoms with Crippen molar-refractivity contribution in [2.24, 2.45) is 0 Å². The van der Waals surface area contributed by atoms with Gasteiger partial charge in [0.05, 0.1) is 11.4 Å². The number of hydrogen-bond acceptors (Lipinski definition) is 2. The Morgan fingerprint density at radius 3 is 1.67 bits per heavy atom. The van der Waals surface area contributed by atoms with Gasteiger partial charge in [-0.05, 0) is 59.2 Å². The number of rotatable bonds is 4. The van der Waals surface area contributed by atoms with Crippen LogP contribution in [0.1, 0.15) is 0 Å². The summed E-state index contributed by atoms with van der Waals surface area (Å²) in [5.74, 6) is 0. The Morgan fingerprint density at radius 1 is 0.436 bits per heavy atom. The first-order valence-corrected chi connectivity index (χ1v) is 13.4. The predicted molar refractivity (Wildman–Crippen MR) is 165 cm³/mol. The van der Waals surface area contributed by atoms with Crippen LogP contribution >= 0.6 is 0 Å². The number of nitrogens with zero attached hydrogens (tertiary/aromatic N) is 2. The zero-order chi connectivity index (χ0) is 26.2.